The summed E-state index contributed by atoms with van der Waals surface area (Å²) in [6, 6.07) is 2.02. The van der Waals surface area contributed by atoms with E-state index in [1.807, 2.05) is 0 Å². The number of hydrogen-bond donors (Lipinski definition) is 3. The lowest BCUT2D eigenvalue weighted by Gasteiger charge is -2.40. The van der Waals surface area contributed by atoms with E-state index in [2.05, 4.69) is 0 Å². The van der Waals surface area contributed by atoms with E-state index in [1.165, 1.54) is 0 Å². The van der Waals surface area contributed by atoms with Crippen molar-refractivity contribution in [1.29, 1.82) is 0 Å². The first-order valence-corrected chi connectivity index (χ1v) is 11.1. The molecule has 4 N–H and O–H groups in total. The number of aromatic carboxylic acids is 2. The lowest BCUT2D eigenvalue weighted by molar-refractivity contribution is 0.0685. The predicted octanol–water partition coefficient (Wildman–Crippen LogP) is 7.67. The molecule has 31 heavy (non-hydrogen) atoms. The summed E-state index contributed by atoms with van der Waals surface area (Å²) in [5.74, 6) is -3.46. The standard InChI is InChI=1S/C7H6F5NO2S.C7H5F5O2S/c8-16(9,10,11,12)6-2-4(7(14)15)1-5(13)3-6;8-15(9,10,11,12)6-3-1-2-5(4-6)7(13)14/h1-3H,13H2,(H,14,15);1-4H,(H,13,14). The van der Waals surface area contributed by atoms with E-state index >= 15 is 0 Å². The highest BCUT2D eigenvalue weighted by molar-refractivity contribution is 8.46. The van der Waals surface area contributed by atoms with Crippen LogP contribution in [0.15, 0.2) is 52.3 Å². The van der Waals surface area contributed by atoms with Crippen molar-refractivity contribution in [3.63, 3.8) is 0 Å². The van der Waals surface area contributed by atoms with Crippen LogP contribution in [0.2, 0.25) is 0 Å². The van der Waals surface area contributed by atoms with Crippen molar-refractivity contribution in [1.82, 2.24) is 0 Å². The van der Waals surface area contributed by atoms with E-state index in [1.54, 1.807) is 0 Å². The van der Waals surface area contributed by atoms with Crippen LogP contribution in [-0.2, 0) is 0 Å². The molecule has 5 nitrogen and oxygen atoms in total. The van der Waals surface area contributed by atoms with Crippen LogP contribution < -0.4 is 5.73 Å². The highest BCUT2D eigenvalue weighted by atomic mass is 32.5. The molecule has 0 aliphatic rings. The van der Waals surface area contributed by atoms with Gasteiger partial charge in [0.15, 0.2) is 0 Å². The highest BCUT2D eigenvalue weighted by Gasteiger charge is 2.66. The number of hydrogen-bond acceptors (Lipinski definition) is 3. The van der Waals surface area contributed by atoms with E-state index < -0.39 is 59.0 Å². The number of benzene rings is 2. The summed E-state index contributed by atoms with van der Waals surface area (Å²) < 4.78 is 123. The summed E-state index contributed by atoms with van der Waals surface area (Å²) in [5, 5.41) is 16.8. The van der Waals surface area contributed by atoms with E-state index in [-0.39, 0.29) is 24.3 Å². The molecular weight excluding hydrogens is 500 g/mol. The van der Waals surface area contributed by atoms with Gasteiger partial charge in [-0.05, 0) is 36.4 Å². The van der Waals surface area contributed by atoms with Gasteiger partial charge in [-0.2, -0.15) is 0 Å². The molecule has 0 bridgehead atoms. The van der Waals surface area contributed by atoms with Crippen LogP contribution in [0.5, 0.6) is 0 Å². The van der Waals surface area contributed by atoms with Crippen LogP contribution in [0.1, 0.15) is 20.7 Å². The topological polar surface area (TPSA) is 101 Å². The minimum absolute atomic E-state index is 0.00793. The molecule has 0 heterocycles. The first-order valence-electron chi connectivity index (χ1n) is 7.15. The van der Waals surface area contributed by atoms with Gasteiger partial charge in [0.1, 0.15) is 9.79 Å². The van der Waals surface area contributed by atoms with Gasteiger partial charge in [0.25, 0.3) is 0 Å². The minimum Gasteiger partial charge on any atom is -0.478 e. The third-order valence-electron chi connectivity index (χ3n) is 3.15. The first-order chi connectivity index (χ1) is 13.2. The molecule has 0 atom stereocenters. The molecule has 178 valence electrons. The van der Waals surface area contributed by atoms with Gasteiger partial charge < -0.3 is 15.9 Å². The van der Waals surface area contributed by atoms with Gasteiger partial charge >= 0.3 is 32.4 Å². The van der Waals surface area contributed by atoms with E-state index in [0.29, 0.717) is 12.1 Å². The van der Waals surface area contributed by atoms with Crippen LogP contribution >= 0.6 is 20.4 Å². The van der Waals surface area contributed by atoms with Crippen molar-refractivity contribution in [3.05, 3.63) is 53.6 Å². The monoisotopic (exact) mass is 511 g/mol. The number of nitrogen functional groups attached to an aromatic ring is 1. The van der Waals surface area contributed by atoms with Crippen LogP contribution in [0.4, 0.5) is 44.5 Å². The summed E-state index contributed by atoms with van der Waals surface area (Å²) in [6.07, 6.45) is 0. The normalized spacial score (nSPS) is 16.5. The Hall–Kier alpha value is -2.82. The maximum absolute atomic E-state index is 12.3. The largest absolute Gasteiger partial charge is 0.478 e. The van der Waals surface area contributed by atoms with Gasteiger partial charge in [0, 0.05) is 5.69 Å². The van der Waals surface area contributed by atoms with Crippen molar-refractivity contribution >= 4 is 38.1 Å². The average molecular weight is 511 g/mol. The van der Waals surface area contributed by atoms with E-state index in [0.717, 1.165) is 6.07 Å². The summed E-state index contributed by atoms with van der Waals surface area (Å²) in [4.78, 5) is 16.2. The second-order valence-electron chi connectivity index (χ2n) is 5.87. The Labute approximate surface area is 166 Å². The molecular formula is C14H11F10NO4S2. The Kier molecular flexibility index (Phi) is 5.17. The van der Waals surface area contributed by atoms with Crippen molar-refractivity contribution in [2.45, 2.75) is 9.79 Å². The average Bonchev–Trinajstić information content (AvgIpc) is 2.50. The van der Waals surface area contributed by atoms with Crippen molar-refractivity contribution < 1.29 is 58.7 Å². The maximum Gasteiger partial charge on any atom is 0.335 e. The number of rotatable bonds is 4. The van der Waals surface area contributed by atoms with Gasteiger partial charge in [0.05, 0.1) is 11.1 Å². The molecule has 0 aliphatic heterocycles. The number of halogens is 10. The third-order valence-corrected chi connectivity index (χ3v) is 5.42. The second-order valence-corrected chi connectivity index (χ2v) is 10.7. The fourth-order valence-electron chi connectivity index (χ4n) is 1.84. The summed E-state index contributed by atoms with van der Waals surface area (Å²) in [7, 11) is -19.7. The summed E-state index contributed by atoms with van der Waals surface area (Å²) >= 11 is 0. The number of carboxylic acid groups (broad SMARTS) is 2. The zero-order valence-corrected chi connectivity index (χ0v) is 16.1. The molecule has 2 aromatic carbocycles. The lowest BCUT2D eigenvalue weighted by atomic mass is 10.2. The Morgan fingerprint density at radius 2 is 1.06 bits per heavy atom. The Morgan fingerprint density at radius 1 is 0.645 bits per heavy atom. The quantitative estimate of drug-likeness (QED) is 0.289. The number of nitrogens with two attached hydrogens (primary N) is 1. The molecule has 0 fully saturated rings. The molecule has 0 aliphatic carbocycles. The molecule has 0 amide bonds. The van der Waals surface area contributed by atoms with Crippen LogP contribution in [-0.4, -0.2) is 22.2 Å². The molecule has 0 radical (unpaired) electrons. The maximum atomic E-state index is 12.3. The minimum atomic E-state index is -9.89. The zero-order valence-electron chi connectivity index (χ0n) is 14.4. The fourth-order valence-corrected chi connectivity index (χ4v) is 3.23. The smallest absolute Gasteiger partial charge is 0.335 e. The van der Waals surface area contributed by atoms with E-state index in [9.17, 15) is 48.4 Å². The van der Waals surface area contributed by atoms with Crippen molar-refractivity contribution in [2.24, 2.45) is 0 Å². The van der Waals surface area contributed by atoms with Crippen LogP contribution in [0, 0.1) is 0 Å². The number of anilines is 1. The molecule has 0 saturated heterocycles. The molecule has 0 spiro atoms. The highest BCUT2D eigenvalue weighted by Crippen LogP contribution is 3.02. The van der Waals surface area contributed by atoms with Gasteiger partial charge in [0.2, 0.25) is 0 Å². The summed E-state index contributed by atoms with van der Waals surface area (Å²) in [6.45, 7) is 0. The third kappa shape index (κ3) is 7.74. The van der Waals surface area contributed by atoms with Gasteiger partial charge in [-0.1, -0.05) is 44.9 Å². The van der Waals surface area contributed by atoms with Crippen molar-refractivity contribution in [3.8, 4) is 0 Å². The molecule has 17 heteroatoms. The second kappa shape index (κ2) is 6.12. The van der Waals surface area contributed by atoms with E-state index in [4.69, 9.17) is 15.9 Å². The Balaban J connectivity index is 0.000000311. The number of carboxylic acids is 2. The van der Waals surface area contributed by atoms with Gasteiger partial charge in [-0.15, -0.1) is 0 Å². The van der Waals surface area contributed by atoms with Crippen LogP contribution in [0.3, 0.4) is 0 Å². The molecule has 0 saturated carbocycles. The van der Waals surface area contributed by atoms with Crippen LogP contribution in [0.25, 0.3) is 0 Å². The fraction of sp³-hybridized carbons (Fsp3) is 0. The first kappa shape index (κ1) is 26.2. The number of carbonyl (C=O) groups is 2. The van der Waals surface area contributed by atoms with Gasteiger partial charge in [-0.25, -0.2) is 9.59 Å². The molecule has 2 rings (SSSR count). The Morgan fingerprint density at radius 3 is 1.45 bits per heavy atom. The summed E-state index contributed by atoms with van der Waals surface area (Å²) in [5.41, 5.74) is 2.47. The zero-order chi connectivity index (χ0) is 24.8. The van der Waals surface area contributed by atoms with Crippen molar-refractivity contribution in [2.75, 3.05) is 5.73 Å². The van der Waals surface area contributed by atoms with Gasteiger partial charge in [-0.3, -0.25) is 0 Å². The Bertz CT molecular complexity index is 1070. The lowest BCUT2D eigenvalue weighted by Crippen LogP contribution is -2.09. The predicted molar refractivity (Wildman–Crippen MR) is 94.0 cm³/mol. The molecule has 0 unspecified atom stereocenters. The molecule has 2 aromatic rings. The molecule has 0 aromatic heterocycles. The SMILES string of the molecule is Nc1cc(C(=O)O)cc(S(F)(F)(F)(F)F)c1.O=C(O)c1cccc(S(F)(F)(F)(F)F)c1.